The van der Waals surface area contributed by atoms with E-state index < -0.39 is 58.7 Å². The van der Waals surface area contributed by atoms with E-state index in [2.05, 4.69) is 15.0 Å². The van der Waals surface area contributed by atoms with Gasteiger partial charge >= 0.3 is 12.1 Å². The van der Waals surface area contributed by atoms with Crippen LogP contribution in [0.2, 0.25) is 0 Å². The van der Waals surface area contributed by atoms with Crippen LogP contribution in [-0.4, -0.2) is 27.8 Å². The first-order valence-electron chi connectivity index (χ1n) is 8.83. The molecule has 1 unspecified atom stereocenters. The molecule has 0 saturated carbocycles. The van der Waals surface area contributed by atoms with E-state index in [0.717, 1.165) is 0 Å². The molecule has 0 amide bonds. The van der Waals surface area contributed by atoms with E-state index in [-0.39, 0.29) is 37.3 Å². The highest BCUT2D eigenvalue weighted by Gasteiger charge is 2.44. The normalized spacial score (nSPS) is 16.3. The summed E-state index contributed by atoms with van der Waals surface area (Å²) in [5, 5.41) is 2.74. The van der Waals surface area contributed by atoms with Crippen molar-refractivity contribution in [2.45, 2.75) is 38.5 Å². The molecule has 1 N–H and O–H groups in total. The standard InChI is InChI=1S/C18H15F6N3O3/c1-2-3-13(28)11-6-25-7-12-15(26-17(27(11)12)18(22,23)24)16(29)30-14-5-9(20)8(19)4-10(14)21/h4-5,11,25H,2-3,6-7H2,1H3. The molecule has 0 aliphatic carbocycles. The summed E-state index contributed by atoms with van der Waals surface area (Å²) in [5.74, 6) is -8.98. The third kappa shape index (κ3) is 4.04. The minimum absolute atomic E-state index is 0.0150. The van der Waals surface area contributed by atoms with E-state index in [1.807, 2.05) is 0 Å². The minimum atomic E-state index is -5.00. The maximum Gasteiger partial charge on any atom is 0.449 e. The lowest BCUT2D eigenvalue weighted by Crippen LogP contribution is -2.39. The number of ketones is 1. The van der Waals surface area contributed by atoms with Crippen molar-refractivity contribution >= 4 is 11.8 Å². The highest BCUT2D eigenvalue weighted by Crippen LogP contribution is 2.35. The number of carbonyl (C=O) groups excluding carboxylic acids is 2. The molecule has 1 aliphatic heterocycles. The van der Waals surface area contributed by atoms with Gasteiger partial charge in [0.05, 0.1) is 5.69 Å². The Bertz CT molecular complexity index is 1000. The Morgan fingerprint density at radius 2 is 1.87 bits per heavy atom. The predicted octanol–water partition coefficient (Wildman–Crippen LogP) is 3.55. The van der Waals surface area contributed by atoms with Gasteiger partial charge in [-0.05, 0) is 6.42 Å². The van der Waals surface area contributed by atoms with Gasteiger partial charge in [-0.25, -0.2) is 22.9 Å². The summed E-state index contributed by atoms with van der Waals surface area (Å²) in [6, 6.07) is -0.871. The topological polar surface area (TPSA) is 73.2 Å². The monoisotopic (exact) mass is 435 g/mol. The lowest BCUT2D eigenvalue weighted by atomic mass is 10.1. The molecule has 0 saturated heterocycles. The largest absolute Gasteiger partial charge is 0.449 e. The smallest absolute Gasteiger partial charge is 0.418 e. The molecule has 6 nitrogen and oxygen atoms in total. The third-order valence-corrected chi connectivity index (χ3v) is 4.44. The number of ether oxygens (including phenoxy) is 1. The van der Waals surface area contributed by atoms with Gasteiger partial charge in [-0.15, -0.1) is 0 Å². The fourth-order valence-electron chi connectivity index (χ4n) is 3.15. The van der Waals surface area contributed by atoms with Gasteiger partial charge in [-0.1, -0.05) is 6.92 Å². The summed E-state index contributed by atoms with van der Waals surface area (Å²) < 4.78 is 86.0. The summed E-state index contributed by atoms with van der Waals surface area (Å²) in [5.41, 5.74) is -1.09. The van der Waals surface area contributed by atoms with Gasteiger partial charge in [0, 0.05) is 31.6 Å². The van der Waals surface area contributed by atoms with E-state index >= 15 is 0 Å². The third-order valence-electron chi connectivity index (χ3n) is 4.44. The number of aromatic nitrogens is 2. The lowest BCUT2D eigenvalue weighted by Gasteiger charge is -2.27. The first kappa shape index (κ1) is 21.8. The quantitative estimate of drug-likeness (QED) is 0.337. The van der Waals surface area contributed by atoms with Crippen molar-refractivity contribution in [2.75, 3.05) is 6.54 Å². The van der Waals surface area contributed by atoms with Gasteiger partial charge in [0.2, 0.25) is 5.82 Å². The molecule has 0 spiro atoms. The second-order valence-electron chi connectivity index (χ2n) is 6.55. The van der Waals surface area contributed by atoms with Gasteiger partial charge < -0.3 is 14.6 Å². The van der Waals surface area contributed by atoms with Crippen LogP contribution in [0.5, 0.6) is 5.75 Å². The number of fused-ring (bicyclic) bond motifs is 1. The summed E-state index contributed by atoms with van der Waals surface area (Å²) in [6.07, 6.45) is -4.57. The van der Waals surface area contributed by atoms with Gasteiger partial charge in [0.15, 0.2) is 34.7 Å². The maximum absolute atomic E-state index is 13.7. The van der Waals surface area contributed by atoms with Crippen molar-refractivity contribution in [2.24, 2.45) is 0 Å². The first-order chi connectivity index (χ1) is 14.0. The molecule has 1 aliphatic rings. The summed E-state index contributed by atoms with van der Waals surface area (Å²) in [6.45, 7) is 1.34. The number of hydrogen-bond donors (Lipinski definition) is 1. The number of esters is 1. The molecule has 162 valence electrons. The number of alkyl halides is 3. The van der Waals surface area contributed by atoms with E-state index in [9.17, 15) is 35.9 Å². The molecule has 2 aromatic rings. The number of rotatable bonds is 5. The second-order valence-corrected chi connectivity index (χ2v) is 6.55. The molecule has 12 heteroatoms. The van der Waals surface area contributed by atoms with Gasteiger partial charge in [-0.3, -0.25) is 4.79 Å². The summed E-state index contributed by atoms with van der Waals surface area (Å²) in [4.78, 5) is 28.0. The van der Waals surface area contributed by atoms with Crippen LogP contribution in [0.4, 0.5) is 26.3 Å². The Kier molecular flexibility index (Phi) is 5.88. The molecule has 0 fully saturated rings. The van der Waals surface area contributed by atoms with Crippen molar-refractivity contribution < 1.29 is 40.7 Å². The summed E-state index contributed by atoms with van der Waals surface area (Å²) >= 11 is 0. The highest BCUT2D eigenvalue weighted by molar-refractivity contribution is 5.91. The molecule has 3 rings (SSSR count). The van der Waals surface area contributed by atoms with Gasteiger partial charge in [0.25, 0.3) is 0 Å². The summed E-state index contributed by atoms with van der Waals surface area (Å²) in [7, 11) is 0. The zero-order valence-electron chi connectivity index (χ0n) is 15.4. The van der Waals surface area contributed by atoms with Crippen LogP contribution in [0, 0.1) is 17.5 Å². The Morgan fingerprint density at radius 3 is 2.50 bits per heavy atom. The van der Waals surface area contributed by atoms with Crippen molar-refractivity contribution in [3.05, 3.63) is 46.8 Å². The lowest BCUT2D eigenvalue weighted by molar-refractivity contribution is -0.149. The molecular formula is C18H15F6N3O3. The zero-order chi connectivity index (χ0) is 22.2. The fraction of sp³-hybridized carbons (Fsp3) is 0.389. The molecule has 0 radical (unpaired) electrons. The van der Waals surface area contributed by atoms with Crippen LogP contribution in [0.15, 0.2) is 12.1 Å². The van der Waals surface area contributed by atoms with Gasteiger partial charge in [-0.2, -0.15) is 13.2 Å². The number of nitrogens with zero attached hydrogens (tertiary/aromatic N) is 2. The van der Waals surface area contributed by atoms with Crippen molar-refractivity contribution in [3.8, 4) is 5.75 Å². The molecule has 30 heavy (non-hydrogen) atoms. The maximum atomic E-state index is 13.7. The number of imidazole rings is 1. The van der Waals surface area contributed by atoms with E-state index in [1.165, 1.54) is 0 Å². The number of benzene rings is 1. The number of nitrogens with one attached hydrogen (secondary N) is 1. The molecule has 0 bridgehead atoms. The fourth-order valence-corrected chi connectivity index (χ4v) is 3.15. The predicted molar refractivity (Wildman–Crippen MR) is 89.2 cm³/mol. The van der Waals surface area contributed by atoms with Crippen molar-refractivity contribution in [3.63, 3.8) is 0 Å². The van der Waals surface area contributed by atoms with Crippen LogP contribution in [0.25, 0.3) is 0 Å². The average molecular weight is 435 g/mol. The molecule has 1 aromatic carbocycles. The Labute approximate surface area is 165 Å². The van der Waals surface area contributed by atoms with Crippen molar-refractivity contribution in [1.29, 1.82) is 0 Å². The number of halogens is 6. The number of carbonyl (C=O) groups is 2. The minimum Gasteiger partial charge on any atom is -0.418 e. The Hall–Kier alpha value is -2.89. The Balaban J connectivity index is 2.05. The molecular weight excluding hydrogens is 420 g/mol. The molecule has 2 heterocycles. The highest BCUT2D eigenvalue weighted by atomic mass is 19.4. The Morgan fingerprint density at radius 1 is 1.20 bits per heavy atom. The van der Waals surface area contributed by atoms with Gasteiger partial charge in [0.1, 0.15) is 6.04 Å². The van der Waals surface area contributed by atoms with Crippen LogP contribution in [0.3, 0.4) is 0 Å². The van der Waals surface area contributed by atoms with E-state index in [0.29, 0.717) is 11.0 Å². The van der Waals surface area contributed by atoms with Crippen LogP contribution < -0.4 is 10.1 Å². The number of Topliss-reactive ketones (excluding diaryl/α,β-unsaturated/α-hetero) is 1. The zero-order valence-corrected chi connectivity index (χ0v) is 15.4. The van der Waals surface area contributed by atoms with E-state index in [1.54, 1.807) is 6.92 Å². The first-order valence-corrected chi connectivity index (χ1v) is 8.83. The van der Waals surface area contributed by atoms with Crippen LogP contribution in [0.1, 0.15) is 47.8 Å². The van der Waals surface area contributed by atoms with Crippen LogP contribution >= 0.6 is 0 Å². The van der Waals surface area contributed by atoms with Crippen LogP contribution in [-0.2, 0) is 17.5 Å². The van der Waals surface area contributed by atoms with E-state index in [4.69, 9.17) is 0 Å². The SMILES string of the molecule is CCCC(=O)C1CNCc2c(C(=O)Oc3cc(F)c(F)cc3F)nc(C(F)(F)F)n21. The average Bonchev–Trinajstić information content (AvgIpc) is 3.06. The molecule has 1 aromatic heterocycles. The number of hydrogen-bond acceptors (Lipinski definition) is 5. The van der Waals surface area contributed by atoms with Crippen molar-refractivity contribution in [1.82, 2.24) is 14.9 Å². The molecule has 1 atom stereocenters. The second kappa shape index (κ2) is 8.09.